The van der Waals surface area contributed by atoms with Crippen LogP contribution in [-0.4, -0.2) is 39.7 Å². The Kier molecular flexibility index (Phi) is 4.34. The van der Waals surface area contributed by atoms with E-state index in [1.165, 1.54) is 0 Å². The van der Waals surface area contributed by atoms with E-state index in [9.17, 15) is 4.79 Å². The lowest BCUT2D eigenvalue weighted by Crippen LogP contribution is -2.21. The molecule has 0 atom stereocenters. The van der Waals surface area contributed by atoms with Gasteiger partial charge < -0.3 is 10.6 Å². The van der Waals surface area contributed by atoms with Crippen molar-refractivity contribution in [3.8, 4) is 11.4 Å². The molecule has 1 heterocycles. The van der Waals surface area contributed by atoms with Gasteiger partial charge >= 0.3 is 0 Å². The molecule has 1 aromatic carbocycles. The lowest BCUT2D eigenvalue weighted by atomic mass is 10.2. The van der Waals surface area contributed by atoms with Crippen LogP contribution in [0.3, 0.4) is 0 Å². The molecule has 0 aliphatic carbocycles. The molecule has 0 aliphatic heterocycles. The molecule has 6 heteroatoms. The lowest BCUT2D eigenvalue weighted by molar-refractivity contribution is -0.128. The molecule has 0 fully saturated rings. The van der Waals surface area contributed by atoms with Crippen LogP contribution in [0.4, 0.5) is 5.69 Å². The maximum absolute atomic E-state index is 11.5. The number of aromatic nitrogens is 3. The first-order valence-electron chi connectivity index (χ1n) is 6.52. The molecule has 0 unspecified atom stereocenters. The fraction of sp³-hybridized carbons (Fsp3) is 0.357. The number of hydrogen-bond acceptors (Lipinski definition) is 4. The summed E-state index contributed by atoms with van der Waals surface area (Å²) in [5.41, 5.74) is 7.30. The zero-order valence-corrected chi connectivity index (χ0v) is 11.8. The Bertz CT molecular complexity index is 574. The number of carbonyl (C=O) groups excluding carboxylic acids is 1. The van der Waals surface area contributed by atoms with E-state index in [2.05, 4.69) is 10.1 Å². The van der Waals surface area contributed by atoms with Gasteiger partial charge in [0.15, 0.2) is 5.82 Å². The van der Waals surface area contributed by atoms with Gasteiger partial charge in [-0.25, -0.2) is 4.98 Å². The van der Waals surface area contributed by atoms with E-state index < -0.39 is 0 Å². The Morgan fingerprint density at radius 1 is 1.30 bits per heavy atom. The molecule has 0 spiro atoms. The minimum Gasteiger partial charge on any atom is -0.399 e. The van der Waals surface area contributed by atoms with Crippen LogP contribution >= 0.6 is 0 Å². The predicted molar refractivity (Wildman–Crippen MR) is 77.8 cm³/mol. The van der Waals surface area contributed by atoms with Gasteiger partial charge in [0.2, 0.25) is 5.91 Å². The molecule has 106 valence electrons. The normalized spacial score (nSPS) is 10.5. The Balaban J connectivity index is 1.92. The standard InChI is InChI=1S/C14H19N5O/c1-18(2)13(20)4-3-9-19-10-16-14(17-19)11-5-7-12(15)8-6-11/h5-8,10H,3-4,9,15H2,1-2H3. The molecule has 2 aromatic rings. The van der Waals surface area contributed by atoms with Gasteiger partial charge in [-0.15, -0.1) is 0 Å². The summed E-state index contributed by atoms with van der Waals surface area (Å²) in [7, 11) is 3.52. The van der Waals surface area contributed by atoms with E-state index in [4.69, 9.17) is 5.73 Å². The van der Waals surface area contributed by atoms with Crippen LogP contribution in [0.1, 0.15) is 12.8 Å². The molecule has 0 saturated carbocycles. The molecule has 0 saturated heterocycles. The summed E-state index contributed by atoms with van der Waals surface area (Å²) in [5, 5.41) is 4.39. The van der Waals surface area contributed by atoms with Crippen LogP contribution in [0.5, 0.6) is 0 Å². The highest BCUT2D eigenvalue weighted by Gasteiger charge is 2.06. The third-order valence-corrected chi connectivity index (χ3v) is 2.98. The number of amides is 1. The summed E-state index contributed by atoms with van der Waals surface area (Å²) in [6.45, 7) is 0.682. The SMILES string of the molecule is CN(C)C(=O)CCCn1cnc(-c2ccc(N)cc2)n1. The van der Waals surface area contributed by atoms with Gasteiger partial charge in [-0.05, 0) is 30.7 Å². The van der Waals surface area contributed by atoms with Crippen molar-refractivity contribution in [2.24, 2.45) is 0 Å². The first kappa shape index (κ1) is 14.0. The van der Waals surface area contributed by atoms with Crippen molar-refractivity contribution in [3.05, 3.63) is 30.6 Å². The Morgan fingerprint density at radius 2 is 2.00 bits per heavy atom. The van der Waals surface area contributed by atoms with E-state index >= 15 is 0 Å². The number of anilines is 1. The molecule has 1 aromatic heterocycles. The molecule has 0 bridgehead atoms. The van der Waals surface area contributed by atoms with Gasteiger partial charge in [0.05, 0.1) is 0 Å². The predicted octanol–water partition coefficient (Wildman–Crippen LogP) is 1.40. The summed E-state index contributed by atoms with van der Waals surface area (Å²) in [6.07, 6.45) is 2.96. The van der Waals surface area contributed by atoms with Crippen molar-refractivity contribution in [1.82, 2.24) is 19.7 Å². The Hall–Kier alpha value is -2.37. The van der Waals surface area contributed by atoms with Gasteiger partial charge in [0, 0.05) is 38.3 Å². The fourth-order valence-corrected chi connectivity index (χ4v) is 1.78. The molecule has 20 heavy (non-hydrogen) atoms. The van der Waals surface area contributed by atoms with Crippen LogP contribution < -0.4 is 5.73 Å². The minimum absolute atomic E-state index is 0.129. The zero-order valence-electron chi connectivity index (χ0n) is 11.8. The number of hydrogen-bond donors (Lipinski definition) is 1. The fourth-order valence-electron chi connectivity index (χ4n) is 1.78. The highest BCUT2D eigenvalue weighted by molar-refractivity contribution is 5.75. The maximum Gasteiger partial charge on any atom is 0.222 e. The highest BCUT2D eigenvalue weighted by Crippen LogP contribution is 2.15. The van der Waals surface area contributed by atoms with Gasteiger partial charge in [0.1, 0.15) is 6.33 Å². The first-order chi connectivity index (χ1) is 9.56. The van der Waals surface area contributed by atoms with E-state index in [0.717, 1.165) is 17.7 Å². The van der Waals surface area contributed by atoms with E-state index in [1.54, 1.807) is 30.0 Å². The van der Waals surface area contributed by atoms with Gasteiger partial charge in [-0.3, -0.25) is 9.48 Å². The van der Waals surface area contributed by atoms with Crippen LogP contribution in [0.15, 0.2) is 30.6 Å². The molecule has 6 nitrogen and oxygen atoms in total. The molecule has 0 aliphatic rings. The average Bonchev–Trinajstić information content (AvgIpc) is 2.88. The second kappa shape index (κ2) is 6.18. The topological polar surface area (TPSA) is 77.0 Å². The van der Waals surface area contributed by atoms with E-state index in [0.29, 0.717) is 18.8 Å². The third-order valence-electron chi connectivity index (χ3n) is 2.98. The lowest BCUT2D eigenvalue weighted by Gasteiger charge is -2.09. The number of nitrogen functional groups attached to an aromatic ring is 1. The number of nitrogens with zero attached hydrogens (tertiary/aromatic N) is 4. The minimum atomic E-state index is 0.129. The summed E-state index contributed by atoms with van der Waals surface area (Å²) < 4.78 is 1.76. The number of aryl methyl sites for hydroxylation is 1. The number of rotatable bonds is 5. The van der Waals surface area contributed by atoms with Gasteiger partial charge in [0.25, 0.3) is 0 Å². The number of nitrogens with two attached hydrogens (primary N) is 1. The third kappa shape index (κ3) is 3.57. The molecule has 1 amide bonds. The van der Waals surface area contributed by atoms with E-state index in [1.807, 2.05) is 24.3 Å². The quantitative estimate of drug-likeness (QED) is 0.835. The second-order valence-electron chi connectivity index (χ2n) is 4.84. The van der Waals surface area contributed by atoms with Crippen molar-refractivity contribution in [3.63, 3.8) is 0 Å². The molecular weight excluding hydrogens is 254 g/mol. The second-order valence-corrected chi connectivity index (χ2v) is 4.84. The average molecular weight is 273 g/mol. The number of benzene rings is 1. The molecular formula is C14H19N5O. The highest BCUT2D eigenvalue weighted by atomic mass is 16.2. The smallest absolute Gasteiger partial charge is 0.222 e. The van der Waals surface area contributed by atoms with E-state index in [-0.39, 0.29) is 5.91 Å². The van der Waals surface area contributed by atoms with Crippen molar-refractivity contribution in [1.29, 1.82) is 0 Å². The molecule has 2 rings (SSSR count). The van der Waals surface area contributed by atoms with Gasteiger partial charge in [-0.1, -0.05) is 0 Å². The van der Waals surface area contributed by atoms with Crippen molar-refractivity contribution >= 4 is 11.6 Å². The van der Waals surface area contributed by atoms with Crippen molar-refractivity contribution < 1.29 is 4.79 Å². The van der Waals surface area contributed by atoms with Crippen LogP contribution in [-0.2, 0) is 11.3 Å². The monoisotopic (exact) mass is 273 g/mol. The summed E-state index contributed by atoms with van der Waals surface area (Å²) >= 11 is 0. The van der Waals surface area contributed by atoms with Crippen molar-refractivity contribution in [2.45, 2.75) is 19.4 Å². The Morgan fingerprint density at radius 3 is 2.65 bits per heavy atom. The molecule has 0 radical (unpaired) electrons. The summed E-state index contributed by atoms with van der Waals surface area (Å²) in [6, 6.07) is 7.44. The number of carbonyl (C=O) groups is 1. The summed E-state index contributed by atoms with van der Waals surface area (Å²) in [5.74, 6) is 0.799. The summed E-state index contributed by atoms with van der Waals surface area (Å²) in [4.78, 5) is 17.3. The molecule has 2 N–H and O–H groups in total. The largest absolute Gasteiger partial charge is 0.399 e. The van der Waals surface area contributed by atoms with Crippen LogP contribution in [0, 0.1) is 0 Å². The maximum atomic E-state index is 11.5. The zero-order chi connectivity index (χ0) is 14.5. The van der Waals surface area contributed by atoms with Crippen LogP contribution in [0.2, 0.25) is 0 Å². The van der Waals surface area contributed by atoms with Gasteiger partial charge in [-0.2, -0.15) is 5.10 Å². The van der Waals surface area contributed by atoms with Crippen molar-refractivity contribution in [2.75, 3.05) is 19.8 Å². The Labute approximate surface area is 118 Å². The van der Waals surface area contributed by atoms with Crippen LogP contribution in [0.25, 0.3) is 11.4 Å². The first-order valence-corrected chi connectivity index (χ1v) is 6.52.